The predicted molar refractivity (Wildman–Crippen MR) is 76.5 cm³/mol. The van der Waals surface area contributed by atoms with Crippen LogP contribution in [0.4, 0.5) is 4.39 Å². The van der Waals surface area contributed by atoms with Gasteiger partial charge >= 0.3 is 0 Å². The number of rotatable bonds is 5. The van der Waals surface area contributed by atoms with Gasteiger partial charge in [0.2, 0.25) is 0 Å². The summed E-state index contributed by atoms with van der Waals surface area (Å²) < 4.78 is 20.8. The number of hydrogen-bond donors (Lipinski definition) is 1. The minimum Gasteiger partial charge on any atom is -0.488 e. The van der Waals surface area contributed by atoms with Gasteiger partial charge in [0.1, 0.15) is 17.7 Å². The molecule has 21 heavy (non-hydrogen) atoms. The molecule has 0 fully saturated rings. The van der Waals surface area contributed by atoms with E-state index in [1.807, 2.05) is 6.20 Å². The number of hydrogen-bond acceptors (Lipinski definition) is 4. The molecule has 3 rings (SSSR count). The smallest absolute Gasteiger partial charge is 0.123 e. The van der Waals surface area contributed by atoms with Gasteiger partial charge in [0.05, 0.1) is 12.2 Å². The first kappa shape index (κ1) is 14.0. The topological polar surface area (TPSA) is 52.0 Å². The highest BCUT2D eigenvalue weighted by atomic mass is 19.1. The third kappa shape index (κ3) is 3.39. The van der Waals surface area contributed by atoms with E-state index in [1.165, 1.54) is 12.1 Å². The van der Waals surface area contributed by atoms with Gasteiger partial charge in [-0.2, -0.15) is 0 Å². The van der Waals surface area contributed by atoms with E-state index in [4.69, 9.17) is 4.74 Å². The van der Waals surface area contributed by atoms with Crippen molar-refractivity contribution in [2.45, 2.75) is 45.5 Å². The number of benzene rings is 1. The molecule has 6 heteroatoms. The Morgan fingerprint density at radius 3 is 3.14 bits per heavy atom. The molecule has 112 valence electrons. The highest BCUT2D eigenvalue weighted by Crippen LogP contribution is 2.29. The van der Waals surface area contributed by atoms with E-state index >= 15 is 0 Å². The number of halogens is 1. The van der Waals surface area contributed by atoms with Gasteiger partial charge in [0.25, 0.3) is 0 Å². The molecular formula is C15H19FN4O. The van der Waals surface area contributed by atoms with E-state index in [2.05, 4.69) is 29.5 Å². The average Bonchev–Trinajstić information content (AvgIpc) is 3.02. The van der Waals surface area contributed by atoms with Gasteiger partial charge < -0.3 is 10.1 Å². The molecule has 1 atom stereocenters. The van der Waals surface area contributed by atoms with E-state index < -0.39 is 0 Å². The number of nitrogens with zero attached hydrogens (tertiary/aromatic N) is 3. The number of fused-ring (bicyclic) bond motifs is 1. The molecule has 1 aromatic carbocycles. The van der Waals surface area contributed by atoms with Crippen LogP contribution in [0.15, 0.2) is 24.4 Å². The van der Waals surface area contributed by atoms with Gasteiger partial charge in [-0.05, 0) is 18.2 Å². The van der Waals surface area contributed by atoms with Crippen molar-refractivity contribution in [3.63, 3.8) is 0 Å². The molecule has 2 heterocycles. The van der Waals surface area contributed by atoms with Crippen molar-refractivity contribution in [2.75, 3.05) is 0 Å². The summed E-state index contributed by atoms with van der Waals surface area (Å²) in [6, 6.07) is 5.06. The van der Waals surface area contributed by atoms with Crippen molar-refractivity contribution < 1.29 is 9.13 Å². The summed E-state index contributed by atoms with van der Waals surface area (Å²) in [5.41, 5.74) is 1.83. The van der Waals surface area contributed by atoms with Crippen LogP contribution in [0, 0.1) is 5.82 Å². The molecule has 0 spiro atoms. The second kappa shape index (κ2) is 5.81. The van der Waals surface area contributed by atoms with Gasteiger partial charge in [-0.1, -0.05) is 19.1 Å². The van der Waals surface area contributed by atoms with Gasteiger partial charge in [-0.3, -0.25) is 0 Å². The summed E-state index contributed by atoms with van der Waals surface area (Å²) >= 11 is 0. The van der Waals surface area contributed by atoms with Crippen LogP contribution in [0.5, 0.6) is 5.75 Å². The Morgan fingerprint density at radius 2 is 2.33 bits per heavy atom. The van der Waals surface area contributed by atoms with Crippen molar-refractivity contribution in [3.05, 3.63) is 41.5 Å². The first-order valence-corrected chi connectivity index (χ1v) is 7.17. The SMILES string of the molecule is CC(C)NCc1cn(CC2Cc3cc(F)ccc3O2)nn1. The van der Waals surface area contributed by atoms with E-state index in [1.54, 1.807) is 10.7 Å². The molecule has 0 amide bonds. The van der Waals surface area contributed by atoms with E-state index in [-0.39, 0.29) is 11.9 Å². The molecule has 1 aliphatic heterocycles. The Hall–Kier alpha value is -1.95. The molecule has 0 radical (unpaired) electrons. The minimum absolute atomic E-state index is 0.0191. The van der Waals surface area contributed by atoms with Crippen LogP contribution < -0.4 is 10.1 Å². The Labute approximate surface area is 123 Å². The molecule has 1 aromatic heterocycles. The predicted octanol–water partition coefficient (Wildman–Crippen LogP) is 1.92. The summed E-state index contributed by atoms with van der Waals surface area (Å²) in [5.74, 6) is 0.545. The highest BCUT2D eigenvalue weighted by molar-refractivity contribution is 5.37. The number of ether oxygens (including phenoxy) is 1. The van der Waals surface area contributed by atoms with Gasteiger partial charge in [-0.25, -0.2) is 9.07 Å². The second-order valence-electron chi connectivity index (χ2n) is 5.66. The lowest BCUT2D eigenvalue weighted by Crippen LogP contribution is -2.22. The van der Waals surface area contributed by atoms with E-state index in [9.17, 15) is 4.39 Å². The molecule has 1 N–H and O–H groups in total. The zero-order valence-corrected chi connectivity index (χ0v) is 12.2. The molecule has 0 aliphatic carbocycles. The lowest BCUT2D eigenvalue weighted by atomic mass is 10.1. The summed E-state index contributed by atoms with van der Waals surface area (Å²) in [6.45, 7) is 5.50. The molecule has 1 aliphatic rings. The second-order valence-corrected chi connectivity index (χ2v) is 5.66. The van der Waals surface area contributed by atoms with E-state index in [0.717, 1.165) is 17.0 Å². The monoisotopic (exact) mass is 290 g/mol. The maximum atomic E-state index is 13.2. The maximum absolute atomic E-state index is 13.2. The van der Waals surface area contributed by atoms with Crippen molar-refractivity contribution >= 4 is 0 Å². The molecule has 5 nitrogen and oxygen atoms in total. The van der Waals surface area contributed by atoms with Crippen molar-refractivity contribution in [2.24, 2.45) is 0 Å². The zero-order chi connectivity index (χ0) is 14.8. The summed E-state index contributed by atoms with van der Waals surface area (Å²) in [6.07, 6.45) is 2.60. The van der Waals surface area contributed by atoms with Crippen molar-refractivity contribution in [1.82, 2.24) is 20.3 Å². The first-order valence-electron chi connectivity index (χ1n) is 7.17. The van der Waals surface area contributed by atoms with Crippen LogP contribution in [0.2, 0.25) is 0 Å². The third-order valence-electron chi connectivity index (χ3n) is 3.43. The Balaban J connectivity index is 1.59. The zero-order valence-electron chi connectivity index (χ0n) is 12.2. The van der Waals surface area contributed by atoms with Crippen LogP contribution in [-0.4, -0.2) is 27.1 Å². The van der Waals surface area contributed by atoms with Gasteiger partial charge in [0.15, 0.2) is 0 Å². The van der Waals surface area contributed by atoms with Gasteiger partial charge in [0, 0.05) is 30.8 Å². The Morgan fingerprint density at radius 1 is 1.48 bits per heavy atom. The lowest BCUT2D eigenvalue weighted by molar-refractivity contribution is 0.202. The first-order chi connectivity index (χ1) is 10.1. The largest absolute Gasteiger partial charge is 0.488 e. The Bertz CT molecular complexity index is 626. The van der Waals surface area contributed by atoms with Crippen LogP contribution in [0.1, 0.15) is 25.1 Å². The van der Waals surface area contributed by atoms with Crippen molar-refractivity contribution in [3.8, 4) is 5.75 Å². The fourth-order valence-electron chi connectivity index (χ4n) is 2.42. The molecular weight excluding hydrogens is 271 g/mol. The van der Waals surface area contributed by atoms with Gasteiger partial charge in [-0.15, -0.1) is 5.10 Å². The highest BCUT2D eigenvalue weighted by Gasteiger charge is 2.24. The number of nitrogens with one attached hydrogen (secondary N) is 1. The Kier molecular flexibility index (Phi) is 3.88. The molecule has 2 aromatic rings. The quantitative estimate of drug-likeness (QED) is 0.914. The standard InChI is InChI=1S/C15H19FN4O/c1-10(2)17-7-13-8-20(19-18-13)9-14-6-11-5-12(16)3-4-15(11)21-14/h3-5,8,10,14,17H,6-7,9H2,1-2H3. The third-order valence-corrected chi connectivity index (χ3v) is 3.43. The summed E-state index contributed by atoms with van der Waals surface area (Å²) in [5, 5.41) is 11.5. The molecule has 1 unspecified atom stereocenters. The minimum atomic E-state index is -0.221. The van der Waals surface area contributed by atoms with Crippen molar-refractivity contribution in [1.29, 1.82) is 0 Å². The summed E-state index contributed by atoms with van der Waals surface area (Å²) in [4.78, 5) is 0. The van der Waals surface area contributed by atoms with Crippen LogP contribution in [0.3, 0.4) is 0 Å². The van der Waals surface area contributed by atoms with Crippen LogP contribution >= 0.6 is 0 Å². The van der Waals surface area contributed by atoms with E-state index in [0.29, 0.717) is 25.6 Å². The van der Waals surface area contributed by atoms with Crippen LogP contribution in [0.25, 0.3) is 0 Å². The fourth-order valence-corrected chi connectivity index (χ4v) is 2.42. The normalized spacial score (nSPS) is 17.0. The number of aromatic nitrogens is 3. The average molecular weight is 290 g/mol. The lowest BCUT2D eigenvalue weighted by Gasteiger charge is -2.09. The molecule has 0 saturated carbocycles. The summed E-state index contributed by atoms with van der Waals surface area (Å²) in [7, 11) is 0. The molecule has 0 saturated heterocycles. The maximum Gasteiger partial charge on any atom is 0.123 e. The fraction of sp³-hybridized carbons (Fsp3) is 0.467. The van der Waals surface area contributed by atoms with Crippen LogP contribution in [-0.2, 0) is 19.5 Å². The molecule has 0 bridgehead atoms.